The van der Waals surface area contributed by atoms with Crippen molar-refractivity contribution in [2.45, 2.75) is 38.5 Å². The Morgan fingerprint density at radius 3 is 3.06 bits per heavy atom. The third-order valence-corrected chi connectivity index (χ3v) is 2.89. The average Bonchev–Trinajstić information content (AvgIpc) is 2.56. The highest BCUT2D eigenvalue weighted by molar-refractivity contribution is 5.96. The minimum atomic E-state index is 0.211. The zero-order chi connectivity index (χ0) is 11.4. The Morgan fingerprint density at radius 1 is 1.44 bits per heavy atom. The molecule has 0 aromatic carbocycles. The van der Waals surface area contributed by atoms with Crippen LogP contribution >= 0.6 is 0 Å². The molecule has 0 fully saturated rings. The maximum absolute atomic E-state index is 12.0. The van der Waals surface area contributed by atoms with Crippen LogP contribution in [0.25, 0.3) is 0 Å². The lowest BCUT2D eigenvalue weighted by atomic mass is 10.0. The number of hydrogen-bond donors (Lipinski definition) is 0. The van der Waals surface area contributed by atoms with Gasteiger partial charge in [-0.3, -0.25) is 9.48 Å². The fourth-order valence-electron chi connectivity index (χ4n) is 2.02. The Kier molecular flexibility index (Phi) is 3.49. The molecule has 0 aliphatic heterocycles. The van der Waals surface area contributed by atoms with Crippen molar-refractivity contribution >= 4 is 5.78 Å². The number of Topliss-reactive ketones (excluding diaryl/α,β-unsaturated/α-hetero) is 1. The Labute approximate surface area is 95.3 Å². The number of ketones is 1. The lowest BCUT2D eigenvalue weighted by Crippen LogP contribution is -2.06. The summed E-state index contributed by atoms with van der Waals surface area (Å²) in [6.07, 6.45) is 9.85. The molecule has 0 atom stereocenters. The van der Waals surface area contributed by atoms with Crippen LogP contribution in [0.3, 0.4) is 0 Å². The largest absolute Gasteiger partial charge is 0.294 e. The van der Waals surface area contributed by atoms with Crippen LogP contribution in [-0.2, 0) is 18.3 Å². The molecule has 1 aliphatic rings. The third kappa shape index (κ3) is 2.78. The predicted molar refractivity (Wildman–Crippen MR) is 60.9 cm³/mol. The lowest BCUT2D eigenvalue weighted by Gasteiger charge is -2.01. The van der Waals surface area contributed by atoms with Gasteiger partial charge in [0.25, 0.3) is 0 Å². The van der Waals surface area contributed by atoms with Gasteiger partial charge in [-0.15, -0.1) is 5.10 Å². The smallest absolute Gasteiger partial charge is 0.164 e. The highest BCUT2D eigenvalue weighted by Gasteiger charge is 2.13. The van der Waals surface area contributed by atoms with E-state index in [4.69, 9.17) is 0 Å². The molecular weight excluding hydrogens is 202 g/mol. The van der Waals surface area contributed by atoms with Gasteiger partial charge in [-0.1, -0.05) is 17.7 Å². The number of nitrogens with zero attached hydrogens (tertiary/aromatic N) is 3. The second kappa shape index (κ2) is 5.05. The normalized spacial score (nSPS) is 16.7. The summed E-state index contributed by atoms with van der Waals surface area (Å²) >= 11 is 0. The molecule has 0 saturated heterocycles. The number of carbonyl (C=O) groups is 1. The second-order valence-electron chi connectivity index (χ2n) is 4.31. The first-order valence-corrected chi connectivity index (χ1v) is 5.83. The molecule has 0 unspecified atom stereocenters. The van der Waals surface area contributed by atoms with Gasteiger partial charge in [0.2, 0.25) is 0 Å². The molecule has 1 aromatic rings. The number of rotatable bonds is 3. The number of aromatic nitrogens is 3. The fourth-order valence-corrected chi connectivity index (χ4v) is 2.02. The standard InChI is InChI=1S/C12H17N3O/c1-15-9-11(13-14-15)8-12(16)10-6-4-2-3-5-7-10/h6,9H,2-5,7-8H2,1H3. The van der Waals surface area contributed by atoms with Gasteiger partial charge >= 0.3 is 0 Å². The molecule has 1 aliphatic carbocycles. The highest BCUT2D eigenvalue weighted by atomic mass is 16.1. The first-order valence-electron chi connectivity index (χ1n) is 5.83. The van der Waals surface area contributed by atoms with E-state index in [0.717, 1.165) is 30.5 Å². The van der Waals surface area contributed by atoms with E-state index in [-0.39, 0.29) is 5.78 Å². The Morgan fingerprint density at radius 2 is 2.31 bits per heavy atom. The van der Waals surface area contributed by atoms with E-state index >= 15 is 0 Å². The minimum Gasteiger partial charge on any atom is -0.294 e. The summed E-state index contributed by atoms with van der Waals surface area (Å²) in [5, 5.41) is 7.77. The summed E-state index contributed by atoms with van der Waals surface area (Å²) < 4.78 is 1.63. The van der Waals surface area contributed by atoms with Crippen LogP contribution in [0.1, 0.15) is 37.8 Å². The van der Waals surface area contributed by atoms with Crippen molar-refractivity contribution in [1.82, 2.24) is 15.0 Å². The van der Waals surface area contributed by atoms with E-state index in [0.29, 0.717) is 6.42 Å². The summed E-state index contributed by atoms with van der Waals surface area (Å²) in [5.41, 5.74) is 1.75. The van der Waals surface area contributed by atoms with Crippen LogP contribution in [0.2, 0.25) is 0 Å². The summed E-state index contributed by atoms with van der Waals surface area (Å²) in [6, 6.07) is 0. The van der Waals surface area contributed by atoms with Gasteiger partial charge < -0.3 is 0 Å². The van der Waals surface area contributed by atoms with Gasteiger partial charge in [0.05, 0.1) is 12.1 Å². The molecule has 0 bridgehead atoms. The monoisotopic (exact) mass is 219 g/mol. The molecule has 4 nitrogen and oxygen atoms in total. The van der Waals surface area contributed by atoms with Crippen molar-refractivity contribution in [1.29, 1.82) is 0 Å². The zero-order valence-electron chi connectivity index (χ0n) is 9.65. The van der Waals surface area contributed by atoms with E-state index in [9.17, 15) is 4.79 Å². The summed E-state index contributed by atoms with van der Waals surface area (Å²) in [4.78, 5) is 12.0. The predicted octanol–water partition coefficient (Wildman–Crippen LogP) is 1.82. The number of hydrogen-bond acceptors (Lipinski definition) is 3. The topological polar surface area (TPSA) is 47.8 Å². The van der Waals surface area contributed by atoms with E-state index < -0.39 is 0 Å². The molecule has 0 amide bonds. The van der Waals surface area contributed by atoms with Crippen molar-refractivity contribution in [2.75, 3.05) is 0 Å². The van der Waals surface area contributed by atoms with Gasteiger partial charge in [0.15, 0.2) is 5.78 Å². The van der Waals surface area contributed by atoms with Crippen LogP contribution < -0.4 is 0 Å². The van der Waals surface area contributed by atoms with Crippen LogP contribution in [-0.4, -0.2) is 20.8 Å². The molecule has 2 rings (SSSR count). The molecule has 0 spiro atoms. The average molecular weight is 219 g/mol. The van der Waals surface area contributed by atoms with Crippen LogP contribution in [0.15, 0.2) is 17.8 Å². The van der Waals surface area contributed by atoms with Crippen molar-refractivity contribution in [3.05, 3.63) is 23.5 Å². The summed E-state index contributed by atoms with van der Waals surface area (Å²) in [7, 11) is 1.81. The molecule has 1 heterocycles. The third-order valence-electron chi connectivity index (χ3n) is 2.89. The molecule has 4 heteroatoms. The Hall–Kier alpha value is -1.45. The van der Waals surface area contributed by atoms with Gasteiger partial charge in [-0.2, -0.15) is 0 Å². The van der Waals surface area contributed by atoms with Crippen LogP contribution in [0.5, 0.6) is 0 Å². The summed E-state index contributed by atoms with van der Waals surface area (Å²) in [5.74, 6) is 0.211. The van der Waals surface area contributed by atoms with E-state index in [1.807, 2.05) is 7.05 Å². The van der Waals surface area contributed by atoms with Crippen molar-refractivity contribution in [3.8, 4) is 0 Å². The molecule has 0 N–H and O–H groups in total. The zero-order valence-corrected chi connectivity index (χ0v) is 9.65. The highest BCUT2D eigenvalue weighted by Crippen LogP contribution is 2.18. The van der Waals surface area contributed by atoms with Gasteiger partial charge in [0.1, 0.15) is 0 Å². The maximum Gasteiger partial charge on any atom is 0.164 e. The molecule has 0 saturated carbocycles. The van der Waals surface area contributed by atoms with Gasteiger partial charge in [-0.05, 0) is 31.3 Å². The Balaban J connectivity index is 1.99. The van der Waals surface area contributed by atoms with Crippen molar-refractivity contribution in [3.63, 3.8) is 0 Å². The van der Waals surface area contributed by atoms with E-state index in [1.165, 1.54) is 12.8 Å². The maximum atomic E-state index is 12.0. The molecule has 86 valence electrons. The molecule has 0 radical (unpaired) electrons. The van der Waals surface area contributed by atoms with E-state index in [2.05, 4.69) is 16.4 Å². The van der Waals surface area contributed by atoms with E-state index in [1.54, 1.807) is 10.9 Å². The second-order valence-corrected chi connectivity index (χ2v) is 4.31. The molecule has 16 heavy (non-hydrogen) atoms. The molecular formula is C12H17N3O. The van der Waals surface area contributed by atoms with Gasteiger partial charge in [-0.25, -0.2) is 0 Å². The van der Waals surface area contributed by atoms with Crippen LogP contribution in [0.4, 0.5) is 0 Å². The fraction of sp³-hybridized carbons (Fsp3) is 0.583. The van der Waals surface area contributed by atoms with Crippen LogP contribution in [0, 0.1) is 0 Å². The molecule has 1 aromatic heterocycles. The number of allylic oxidation sites excluding steroid dienone is 2. The first-order chi connectivity index (χ1) is 7.75. The number of aryl methyl sites for hydroxylation is 1. The summed E-state index contributed by atoms with van der Waals surface area (Å²) in [6.45, 7) is 0. The first kappa shape index (κ1) is 11.0. The van der Waals surface area contributed by atoms with Crippen molar-refractivity contribution < 1.29 is 4.79 Å². The Bertz CT molecular complexity index is 406. The minimum absolute atomic E-state index is 0.211. The lowest BCUT2D eigenvalue weighted by molar-refractivity contribution is -0.115. The van der Waals surface area contributed by atoms with Crippen molar-refractivity contribution in [2.24, 2.45) is 7.05 Å². The SMILES string of the molecule is Cn1cc(CC(=O)C2=CCCCCC2)nn1. The number of carbonyl (C=O) groups excluding carboxylic acids is 1. The van der Waals surface area contributed by atoms with Gasteiger partial charge in [0, 0.05) is 13.2 Å². The quantitative estimate of drug-likeness (QED) is 0.779.